The normalized spacial score (nSPS) is 12.3. The van der Waals surface area contributed by atoms with E-state index < -0.39 is 6.10 Å². The highest BCUT2D eigenvalue weighted by Gasteiger charge is 2.14. The number of aliphatic hydroxyl groups is 1. The number of aliphatic hydroxyl groups excluding tert-OH is 1. The Hall–Kier alpha value is -2.25. The third-order valence-electron chi connectivity index (χ3n) is 3.37. The van der Waals surface area contributed by atoms with Gasteiger partial charge in [0.25, 0.3) is 11.1 Å². The fraction of sp³-hybridized carbons (Fsp3) is 0.294. The molecule has 0 aliphatic heterocycles. The number of aromatic nitrogens is 2. The predicted molar refractivity (Wildman–Crippen MR) is 90.1 cm³/mol. The van der Waals surface area contributed by atoms with Crippen molar-refractivity contribution in [1.29, 1.82) is 0 Å². The fourth-order valence-corrected chi connectivity index (χ4v) is 2.86. The molecule has 0 fully saturated rings. The average Bonchev–Trinajstić information content (AvgIpc) is 3.23. The lowest BCUT2D eigenvalue weighted by Gasteiger charge is -2.14. The van der Waals surface area contributed by atoms with Gasteiger partial charge in [-0.3, -0.25) is 0 Å². The molecule has 6 nitrogen and oxygen atoms in total. The monoisotopic (exact) mass is 346 g/mol. The van der Waals surface area contributed by atoms with E-state index in [1.165, 1.54) is 11.8 Å². The van der Waals surface area contributed by atoms with E-state index in [2.05, 4.69) is 10.2 Å². The predicted octanol–water partition coefficient (Wildman–Crippen LogP) is 3.48. The maximum Gasteiger partial charge on any atom is 0.284 e. The molecule has 126 valence electrons. The maximum absolute atomic E-state index is 10.1. The number of thioether (sulfide) groups is 1. The fourth-order valence-electron chi connectivity index (χ4n) is 2.19. The number of furan rings is 1. The van der Waals surface area contributed by atoms with Crippen LogP contribution >= 0.6 is 11.8 Å². The Morgan fingerprint density at radius 2 is 1.96 bits per heavy atom. The molecule has 0 amide bonds. The van der Waals surface area contributed by atoms with Gasteiger partial charge >= 0.3 is 0 Å². The van der Waals surface area contributed by atoms with Crippen LogP contribution in [0.5, 0.6) is 5.75 Å². The molecule has 3 rings (SSSR count). The van der Waals surface area contributed by atoms with Gasteiger partial charge in [0.05, 0.1) is 12.4 Å². The van der Waals surface area contributed by atoms with Gasteiger partial charge in [0.2, 0.25) is 0 Å². The van der Waals surface area contributed by atoms with Crippen molar-refractivity contribution in [2.24, 2.45) is 0 Å². The Morgan fingerprint density at radius 1 is 1.17 bits per heavy atom. The average molecular weight is 346 g/mol. The molecule has 0 aliphatic carbocycles. The summed E-state index contributed by atoms with van der Waals surface area (Å²) in [7, 11) is 0. The number of rotatable bonds is 7. The summed E-state index contributed by atoms with van der Waals surface area (Å²) in [5, 5.41) is 18.3. The Kier molecular flexibility index (Phi) is 5.22. The zero-order valence-corrected chi connectivity index (χ0v) is 14.2. The molecule has 0 bridgehead atoms. The van der Waals surface area contributed by atoms with Crippen molar-refractivity contribution in [3.8, 4) is 17.4 Å². The van der Waals surface area contributed by atoms with Crippen molar-refractivity contribution in [3.05, 3.63) is 47.7 Å². The molecular formula is C17H18N2O4S. The van der Waals surface area contributed by atoms with Crippen LogP contribution in [0.15, 0.2) is 50.7 Å². The van der Waals surface area contributed by atoms with Gasteiger partial charge in [0.1, 0.15) is 12.4 Å². The number of nitrogens with zero attached hydrogens (tertiary/aromatic N) is 2. The molecular weight excluding hydrogens is 328 g/mol. The smallest absolute Gasteiger partial charge is 0.284 e. The molecule has 0 unspecified atom stereocenters. The molecule has 0 saturated heterocycles. The van der Waals surface area contributed by atoms with Gasteiger partial charge in [-0.05, 0) is 37.1 Å². The van der Waals surface area contributed by atoms with Crippen LogP contribution in [0.4, 0.5) is 0 Å². The molecule has 1 atom stereocenters. The van der Waals surface area contributed by atoms with Gasteiger partial charge in [-0.2, -0.15) is 0 Å². The van der Waals surface area contributed by atoms with E-state index in [-0.39, 0.29) is 6.61 Å². The SMILES string of the molecule is Cc1cccc(C)c1OC[C@H](O)CSc1nnc(-c2ccco2)o1. The molecule has 7 heteroatoms. The second-order valence-electron chi connectivity index (χ2n) is 5.35. The van der Waals surface area contributed by atoms with Crippen molar-refractivity contribution >= 4 is 11.8 Å². The second kappa shape index (κ2) is 7.55. The van der Waals surface area contributed by atoms with Gasteiger partial charge in [0.15, 0.2) is 5.76 Å². The van der Waals surface area contributed by atoms with E-state index in [1.807, 2.05) is 32.0 Å². The number of aryl methyl sites for hydroxylation is 2. The zero-order chi connectivity index (χ0) is 16.9. The Labute approximate surface area is 143 Å². The molecule has 2 aromatic heterocycles. The number of para-hydroxylation sites is 1. The first-order valence-electron chi connectivity index (χ1n) is 7.50. The first-order chi connectivity index (χ1) is 11.6. The van der Waals surface area contributed by atoms with Crippen molar-refractivity contribution in [3.63, 3.8) is 0 Å². The van der Waals surface area contributed by atoms with Crippen molar-refractivity contribution in [2.75, 3.05) is 12.4 Å². The summed E-state index contributed by atoms with van der Waals surface area (Å²) >= 11 is 1.28. The third kappa shape index (κ3) is 3.98. The van der Waals surface area contributed by atoms with E-state index in [9.17, 15) is 5.11 Å². The Morgan fingerprint density at radius 3 is 2.67 bits per heavy atom. The van der Waals surface area contributed by atoms with Crippen LogP contribution in [0.1, 0.15) is 11.1 Å². The quantitative estimate of drug-likeness (QED) is 0.656. The molecule has 0 aliphatic rings. The van der Waals surface area contributed by atoms with Crippen LogP contribution in [-0.4, -0.2) is 33.8 Å². The molecule has 1 N–H and O–H groups in total. The lowest BCUT2D eigenvalue weighted by atomic mass is 10.1. The summed E-state index contributed by atoms with van der Waals surface area (Å²) in [6.45, 7) is 4.17. The number of hydrogen-bond donors (Lipinski definition) is 1. The van der Waals surface area contributed by atoms with E-state index in [1.54, 1.807) is 18.4 Å². The molecule has 0 saturated carbocycles. The number of ether oxygens (including phenoxy) is 1. The molecule has 24 heavy (non-hydrogen) atoms. The number of benzene rings is 1. The third-order valence-corrected chi connectivity index (χ3v) is 4.33. The van der Waals surface area contributed by atoms with Crippen LogP contribution < -0.4 is 4.74 Å². The van der Waals surface area contributed by atoms with E-state index in [4.69, 9.17) is 13.6 Å². The van der Waals surface area contributed by atoms with Crippen molar-refractivity contribution < 1.29 is 18.7 Å². The molecule has 3 aromatic rings. The van der Waals surface area contributed by atoms with Gasteiger partial charge in [-0.25, -0.2) is 0 Å². The van der Waals surface area contributed by atoms with Crippen LogP contribution in [0.25, 0.3) is 11.7 Å². The minimum absolute atomic E-state index is 0.206. The van der Waals surface area contributed by atoms with Gasteiger partial charge in [0, 0.05) is 5.75 Å². The summed E-state index contributed by atoms with van der Waals surface area (Å²) in [4.78, 5) is 0. The van der Waals surface area contributed by atoms with Crippen molar-refractivity contribution in [1.82, 2.24) is 10.2 Å². The lowest BCUT2D eigenvalue weighted by Crippen LogP contribution is -2.20. The Bertz CT molecular complexity index is 766. The summed E-state index contributed by atoms with van der Waals surface area (Å²) < 4.78 is 16.4. The summed E-state index contributed by atoms with van der Waals surface area (Å²) in [6.07, 6.45) is 0.897. The highest BCUT2D eigenvalue weighted by atomic mass is 32.2. The number of hydrogen-bond acceptors (Lipinski definition) is 7. The second-order valence-corrected chi connectivity index (χ2v) is 6.32. The molecule has 2 heterocycles. The Balaban J connectivity index is 1.50. The van der Waals surface area contributed by atoms with Gasteiger partial charge in [-0.15, -0.1) is 10.2 Å². The molecule has 0 spiro atoms. The largest absolute Gasteiger partial charge is 0.490 e. The van der Waals surface area contributed by atoms with E-state index >= 15 is 0 Å². The zero-order valence-electron chi connectivity index (χ0n) is 13.4. The highest BCUT2D eigenvalue weighted by molar-refractivity contribution is 7.99. The standard InChI is InChI=1S/C17H18N2O4S/c1-11-5-3-6-12(2)15(11)22-9-13(20)10-24-17-19-18-16(23-17)14-7-4-8-21-14/h3-8,13,20H,9-10H2,1-2H3/t13-/m0/s1. The summed E-state index contributed by atoms with van der Waals surface area (Å²) in [5.74, 6) is 2.06. The molecule has 0 radical (unpaired) electrons. The van der Waals surface area contributed by atoms with Gasteiger partial charge in [-0.1, -0.05) is 30.0 Å². The van der Waals surface area contributed by atoms with Crippen LogP contribution in [0, 0.1) is 13.8 Å². The van der Waals surface area contributed by atoms with Crippen LogP contribution in [0.3, 0.4) is 0 Å². The molecule has 1 aromatic carbocycles. The summed E-state index contributed by atoms with van der Waals surface area (Å²) in [6, 6.07) is 9.45. The van der Waals surface area contributed by atoms with Crippen LogP contribution in [-0.2, 0) is 0 Å². The highest BCUT2D eigenvalue weighted by Crippen LogP contribution is 2.25. The topological polar surface area (TPSA) is 81.5 Å². The first-order valence-corrected chi connectivity index (χ1v) is 8.49. The lowest BCUT2D eigenvalue weighted by molar-refractivity contribution is 0.125. The minimum atomic E-state index is -0.645. The van der Waals surface area contributed by atoms with Gasteiger partial charge < -0.3 is 18.7 Å². The first kappa shape index (κ1) is 16.6. The minimum Gasteiger partial charge on any atom is -0.490 e. The van der Waals surface area contributed by atoms with E-state index in [0.29, 0.717) is 22.6 Å². The maximum atomic E-state index is 10.1. The van der Waals surface area contributed by atoms with E-state index in [0.717, 1.165) is 16.9 Å². The van der Waals surface area contributed by atoms with Crippen LogP contribution in [0.2, 0.25) is 0 Å². The van der Waals surface area contributed by atoms with Crippen molar-refractivity contribution in [2.45, 2.75) is 25.2 Å². The summed E-state index contributed by atoms with van der Waals surface area (Å²) in [5.41, 5.74) is 2.10.